The molecule has 0 radical (unpaired) electrons. The number of hydrogen-bond acceptors (Lipinski definition) is 5. The molecule has 2 aliphatic rings. The van der Waals surface area contributed by atoms with Crippen LogP contribution in [0.25, 0.3) is 5.76 Å². The molecule has 0 saturated carbocycles. The highest BCUT2D eigenvalue weighted by molar-refractivity contribution is 9.10. The van der Waals surface area contributed by atoms with Gasteiger partial charge in [-0.3, -0.25) is 4.31 Å². The largest absolute Gasteiger partial charge is 0.439 e. The minimum atomic E-state index is -3.93. The van der Waals surface area contributed by atoms with Crippen LogP contribution in [0, 0.1) is 11.3 Å². The number of nitriles is 1. The molecule has 0 saturated heterocycles. The minimum Gasteiger partial charge on any atom is -0.439 e. The van der Waals surface area contributed by atoms with Crippen LogP contribution in [-0.4, -0.2) is 15.0 Å². The molecule has 28 heavy (non-hydrogen) atoms. The number of allylic oxidation sites excluding steroid dienone is 2. The van der Waals surface area contributed by atoms with E-state index in [4.69, 9.17) is 10.5 Å². The van der Waals surface area contributed by atoms with Gasteiger partial charge in [0, 0.05) is 16.6 Å². The highest BCUT2D eigenvalue weighted by Crippen LogP contribution is 2.50. The van der Waals surface area contributed by atoms with E-state index in [1.54, 1.807) is 49.4 Å². The highest BCUT2D eigenvalue weighted by Gasteiger charge is 2.46. The van der Waals surface area contributed by atoms with Crippen molar-refractivity contribution in [2.75, 3.05) is 10.8 Å². The van der Waals surface area contributed by atoms with Crippen molar-refractivity contribution in [3.63, 3.8) is 0 Å². The zero-order valence-corrected chi connectivity index (χ0v) is 17.3. The van der Waals surface area contributed by atoms with Gasteiger partial charge in [-0.2, -0.15) is 5.26 Å². The summed E-state index contributed by atoms with van der Waals surface area (Å²) in [5.41, 5.74) is 7.95. The number of benzene rings is 2. The molecule has 0 aromatic heterocycles. The Bertz CT molecular complexity index is 1180. The van der Waals surface area contributed by atoms with E-state index < -0.39 is 15.9 Å². The molecule has 2 aliphatic heterocycles. The van der Waals surface area contributed by atoms with E-state index >= 15 is 0 Å². The summed E-state index contributed by atoms with van der Waals surface area (Å²) in [7, 11) is -3.93. The molecule has 6 nitrogen and oxygen atoms in total. The molecular formula is C20H16BrN3O3S. The predicted octanol–water partition coefficient (Wildman–Crippen LogP) is 3.80. The number of para-hydroxylation sites is 1. The normalized spacial score (nSPS) is 20.2. The third-order valence-corrected chi connectivity index (χ3v) is 7.39. The smallest absolute Gasteiger partial charge is 0.265 e. The van der Waals surface area contributed by atoms with Crippen molar-refractivity contribution < 1.29 is 13.2 Å². The monoisotopic (exact) mass is 457 g/mol. The Balaban J connectivity index is 2.07. The molecule has 0 fully saturated rings. The zero-order chi connectivity index (χ0) is 20.1. The average molecular weight is 458 g/mol. The molecule has 142 valence electrons. The first-order valence-corrected chi connectivity index (χ1v) is 10.8. The fourth-order valence-electron chi connectivity index (χ4n) is 3.64. The van der Waals surface area contributed by atoms with E-state index in [1.807, 2.05) is 12.1 Å². The third-order valence-electron chi connectivity index (χ3n) is 4.85. The second-order valence-corrected chi connectivity index (χ2v) is 9.10. The van der Waals surface area contributed by atoms with Gasteiger partial charge in [0.15, 0.2) is 5.76 Å². The van der Waals surface area contributed by atoms with Gasteiger partial charge in [0.1, 0.15) is 16.5 Å². The zero-order valence-electron chi connectivity index (χ0n) is 14.9. The molecule has 2 heterocycles. The summed E-state index contributed by atoms with van der Waals surface area (Å²) in [6.07, 6.45) is 0. The van der Waals surface area contributed by atoms with E-state index in [0.29, 0.717) is 16.8 Å². The standard InChI is InChI=1S/C20H16BrN3O3S/c1-2-24-16-6-4-3-5-14(16)18-19(28(24,25)26)17(15(11-22)20(23)27-18)12-7-9-13(21)10-8-12/h3-10,17H,2,23H2,1H3/t17-/m1/s1. The first-order chi connectivity index (χ1) is 13.4. The highest BCUT2D eigenvalue weighted by atomic mass is 79.9. The maximum atomic E-state index is 13.6. The molecular weight excluding hydrogens is 442 g/mol. The molecule has 0 spiro atoms. The lowest BCUT2D eigenvalue weighted by Crippen LogP contribution is -2.39. The van der Waals surface area contributed by atoms with E-state index in [1.165, 1.54) is 4.31 Å². The van der Waals surface area contributed by atoms with Gasteiger partial charge in [-0.1, -0.05) is 40.2 Å². The van der Waals surface area contributed by atoms with Gasteiger partial charge in [0.2, 0.25) is 5.88 Å². The molecule has 0 bridgehead atoms. The summed E-state index contributed by atoms with van der Waals surface area (Å²) in [5, 5.41) is 9.72. The van der Waals surface area contributed by atoms with Crippen molar-refractivity contribution in [1.29, 1.82) is 5.26 Å². The lowest BCUT2D eigenvalue weighted by atomic mass is 9.88. The molecule has 1 atom stereocenters. The van der Waals surface area contributed by atoms with Crippen LogP contribution >= 0.6 is 15.9 Å². The second kappa shape index (κ2) is 6.69. The Morgan fingerprint density at radius 1 is 1.21 bits per heavy atom. The molecule has 8 heteroatoms. The summed E-state index contributed by atoms with van der Waals surface area (Å²) < 4.78 is 35.0. The van der Waals surface area contributed by atoms with Crippen LogP contribution in [0.4, 0.5) is 5.69 Å². The Kier molecular flexibility index (Phi) is 4.44. The topological polar surface area (TPSA) is 96.4 Å². The maximum Gasteiger partial charge on any atom is 0.265 e. The number of halogens is 1. The summed E-state index contributed by atoms with van der Waals surface area (Å²) in [6, 6.07) is 16.3. The van der Waals surface area contributed by atoms with Crippen LogP contribution < -0.4 is 10.0 Å². The van der Waals surface area contributed by atoms with E-state index in [-0.39, 0.29) is 28.7 Å². The second-order valence-electron chi connectivity index (χ2n) is 6.36. The van der Waals surface area contributed by atoms with Crippen LogP contribution in [0.1, 0.15) is 24.0 Å². The molecule has 0 amide bonds. The number of anilines is 1. The number of sulfonamides is 1. The number of ether oxygens (including phenoxy) is 1. The van der Waals surface area contributed by atoms with Gasteiger partial charge < -0.3 is 10.5 Å². The minimum absolute atomic E-state index is 0.0427. The summed E-state index contributed by atoms with van der Waals surface area (Å²) in [6.45, 7) is 2.03. The lowest BCUT2D eigenvalue weighted by molar-refractivity contribution is 0.357. The van der Waals surface area contributed by atoms with Gasteiger partial charge in [-0.15, -0.1) is 0 Å². The van der Waals surface area contributed by atoms with E-state index in [9.17, 15) is 13.7 Å². The van der Waals surface area contributed by atoms with Gasteiger partial charge in [-0.25, -0.2) is 8.42 Å². The molecule has 2 N–H and O–H groups in total. The van der Waals surface area contributed by atoms with Crippen LogP contribution in [0.3, 0.4) is 0 Å². The number of nitrogens with zero attached hydrogens (tertiary/aromatic N) is 2. The van der Waals surface area contributed by atoms with Crippen molar-refractivity contribution in [1.82, 2.24) is 0 Å². The third kappa shape index (κ3) is 2.62. The number of nitrogens with two attached hydrogens (primary N) is 1. The lowest BCUT2D eigenvalue weighted by Gasteiger charge is -2.37. The van der Waals surface area contributed by atoms with Crippen molar-refractivity contribution in [2.45, 2.75) is 12.8 Å². The quantitative estimate of drug-likeness (QED) is 0.739. The molecule has 2 aromatic rings. The Labute approximate surface area is 171 Å². The van der Waals surface area contributed by atoms with Gasteiger partial charge >= 0.3 is 0 Å². The number of fused-ring (bicyclic) bond motifs is 2. The van der Waals surface area contributed by atoms with E-state index in [2.05, 4.69) is 15.9 Å². The van der Waals surface area contributed by atoms with Gasteiger partial charge in [0.05, 0.1) is 11.6 Å². The van der Waals surface area contributed by atoms with Crippen molar-refractivity contribution >= 4 is 37.4 Å². The first kappa shape index (κ1) is 18.6. The van der Waals surface area contributed by atoms with Crippen molar-refractivity contribution in [3.05, 3.63) is 80.5 Å². The average Bonchev–Trinajstić information content (AvgIpc) is 2.68. The molecule has 4 rings (SSSR count). The number of rotatable bonds is 2. The molecule has 0 unspecified atom stereocenters. The fraction of sp³-hybridized carbons (Fsp3) is 0.150. The van der Waals surface area contributed by atoms with Crippen LogP contribution in [0.5, 0.6) is 0 Å². The molecule has 2 aromatic carbocycles. The van der Waals surface area contributed by atoms with Crippen molar-refractivity contribution in [2.24, 2.45) is 5.73 Å². The Morgan fingerprint density at radius 3 is 2.54 bits per heavy atom. The van der Waals surface area contributed by atoms with Crippen molar-refractivity contribution in [3.8, 4) is 6.07 Å². The van der Waals surface area contributed by atoms with Crippen LogP contribution in [0.15, 0.2) is 69.4 Å². The maximum absolute atomic E-state index is 13.6. The molecule has 0 aliphatic carbocycles. The van der Waals surface area contributed by atoms with Crippen LogP contribution in [0.2, 0.25) is 0 Å². The van der Waals surface area contributed by atoms with Gasteiger partial charge in [0.25, 0.3) is 10.0 Å². The Hall–Kier alpha value is -2.76. The van der Waals surface area contributed by atoms with Crippen LogP contribution in [-0.2, 0) is 14.8 Å². The summed E-state index contributed by atoms with van der Waals surface area (Å²) in [5.74, 6) is -0.733. The summed E-state index contributed by atoms with van der Waals surface area (Å²) >= 11 is 3.38. The van der Waals surface area contributed by atoms with E-state index in [0.717, 1.165) is 4.47 Å². The predicted molar refractivity (Wildman–Crippen MR) is 110 cm³/mol. The van der Waals surface area contributed by atoms with Gasteiger partial charge in [-0.05, 0) is 36.8 Å². The first-order valence-electron chi connectivity index (χ1n) is 8.59. The fourth-order valence-corrected chi connectivity index (χ4v) is 5.84. The Morgan fingerprint density at radius 2 is 1.89 bits per heavy atom. The summed E-state index contributed by atoms with van der Waals surface area (Å²) in [4.78, 5) is 0.0427. The SMILES string of the molecule is CCN1c2ccccc2C2=C([C@H](c3ccc(Br)cc3)C(C#N)=C(N)O2)S1(=O)=O. The number of hydrogen-bond donors (Lipinski definition) is 1.